The Morgan fingerprint density at radius 3 is 2.68 bits per heavy atom. The van der Waals surface area contributed by atoms with Crippen LogP contribution in [-0.2, 0) is 11.0 Å². The van der Waals surface area contributed by atoms with Crippen molar-refractivity contribution in [2.24, 2.45) is 5.92 Å². The van der Waals surface area contributed by atoms with Crippen molar-refractivity contribution in [2.45, 2.75) is 30.8 Å². The Balaban J connectivity index is 0.00000280. The lowest BCUT2D eigenvalue weighted by molar-refractivity contribution is -0.137. The summed E-state index contributed by atoms with van der Waals surface area (Å²) in [5.74, 6) is 0.137. The molecule has 0 radical (unpaired) electrons. The molecule has 11 heteroatoms. The molecule has 0 bridgehead atoms. The van der Waals surface area contributed by atoms with E-state index < -0.39 is 17.8 Å². The summed E-state index contributed by atoms with van der Waals surface area (Å²) in [6.45, 7) is 1.49. The van der Waals surface area contributed by atoms with Gasteiger partial charge in [0.25, 0.3) is 0 Å². The first-order chi connectivity index (χ1) is 12.8. The zero-order valence-electron chi connectivity index (χ0n) is 15.0. The highest BCUT2D eigenvalue weighted by atomic mass is 35.5. The van der Waals surface area contributed by atoms with Crippen molar-refractivity contribution >= 4 is 18.3 Å². The highest BCUT2D eigenvalue weighted by molar-refractivity contribution is 5.85. The molecule has 0 aliphatic carbocycles. The largest absolute Gasteiger partial charge is 0.491 e. The molecule has 2 heterocycles. The molecule has 2 saturated heterocycles. The van der Waals surface area contributed by atoms with E-state index in [4.69, 9.17) is 4.74 Å². The second kappa shape index (κ2) is 9.75. The van der Waals surface area contributed by atoms with Gasteiger partial charge in [0.1, 0.15) is 24.5 Å². The van der Waals surface area contributed by atoms with E-state index in [1.807, 2.05) is 0 Å². The van der Waals surface area contributed by atoms with Gasteiger partial charge in [0, 0.05) is 25.0 Å². The fraction of sp³-hybridized carbons (Fsp3) is 0.588. The number of alkyl halides is 3. The minimum absolute atomic E-state index is 0. The lowest BCUT2D eigenvalue weighted by Crippen LogP contribution is -2.50. The van der Waals surface area contributed by atoms with Crippen LogP contribution in [0.4, 0.5) is 13.2 Å². The van der Waals surface area contributed by atoms with E-state index in [9.17, 15) is 23.1 Å². The topological polar surface area (TPSA) is 94.7 Å². The van der Waals surface area contributed by atoms with Gasteiger partial charge in [-0.25, -0.2) is 5.43 Å². The molecule has 0 saturated carbocycles. The number of nitrogens with one attached hydrogen (secondary N) is 4. The highest BCUT2D eigenvalue weighted by Gasteiger charge is 2.41. The van der Waals surface area contributed by atoms with E-state index in [0.717, 1.165) is 31.6 Å². The lowest BCUT2D eigenvalue weighted by atomic mass is 9.89. The second-order valence-corrected chi connectivity index (χ2v) is 6.76. The number of fused-ring (bicyclic) bond motifs is 1. The van der Waals surface area contributed by atoms with E-state index in [1.165, 1.54) is 12.1 Å². The maximum atomic E-state index is 12.5. The second-order valence-electron chi connectivity index (χ2n) is 6.76. The first-order valence-electron chi connectivity index (χ1n) is 8.82. The molecule has 2 aliphatic heterocycles. The number of aliphatic hydroxyl groups excluding tert-OH is 1. The number of benzene rings is 1. The van der Waals surface area contributed by atoms with Crippen molar-refractivity contribution < 1.29 is 27.8 Å². The fourth-order valence-corrected chi connectivity index (χ4v) is 3.30. The number of hydrogen-bond donors (Lipinski definition) is 5. The van der Waals surface area contributed by atoms with Crippen LogP contribution in [0.2, 0.25) is 0 Å². The first kappa shape index (κ1) is 22.7. The average molecular weight is 425 g/mol. The molecule has 7 nitrogen and oxygen atoms in total. The third-order valence-electron chi connectivity index (χ3n) is 4.80. The third kappa shape index (κ3) is 5.71. The smallest absolute Gasteiger partial charge is 0.416 e. The van der Waals surface area contributed by atoms with Crippen LogP contribution >= 0.6 is 12.4 Å². The molecule has 4 atom stereocenters. The fourth-order valence-electron chi connectivity index (χ4n) is 3.30. The molecular formula is C17H24ClF3N4O3. The minimum atomic E-state index is -4.40. The lowest BCUT2D eigenvalue weighted by Gasteiger charge is -2.27. The van der Waals surface area contributed by atoms with E-state index in [1.54, 1.807) is 0 Å². The summed E-state index contributed by atoms with van der Waals surface area (Å²) in [5, 5.41) is 15.9. The Hall–Kier alpha value is -1.59. The van der Waals surface area contributed by atoms with Crippen molar-refractivity contribution in [3.05, 3.63) is 29.8 Å². The standard InChI is InChI=1S/C17H23F3N4O3.ClH/c18-17(19,20)10-1-3-12(4-2-10)27-9-11(25)7-22-16(26)15-13-8-21-6-5-14(13)23-24-15;/h1-4,11,13-15,21,23-25H,5-9H2,(H,22,26);1H. The van der Waals surface area contributed by atoms with Gasteiger partial charge in [0.15, 0.2) is 0 Å². The Kier molecular flexibility index (Phi) is 7.90. The average Bonchev–Trinajstić information content (AvgIpc) is 3.08. The number of piperidine rings is 1. The molecule has 4 unspecified atom stereocenters. The molecule has 28 heavy (non-hydrogen) atoms. The molecule has 2 aliphatic rings. The van der Waals surface area contributed by atoms with Crippen LogP contribution in [0.15, 0.2) is 24.3 Å². The predicted molar refractivity (Wildman–Crippen MR) is 98.0 cm³/mol. The van der Waals surface area contributed by atoms with Gasteiger partial charge >= 0.3 is 6.18 Å². The van der Waals surface area contributed by atoms with Gasteiger partial charge in [-0.15, -0.1) is 12.4 Å². The van der Waals surface area contributed by atoms with Gasteiger partial charge in [-0.3, -0.25) is 10.2 Å². The van der Waals surface area contributed by atoms with Crippen LogP contribution in [0.5, 0.6) is 5.75 Å². The van der Waals surface area contributed by atoms with Crippen LogP contribution in [-0.4, -0.2) is 55.4 Å². The van der Waals surface area contributed by atoms with Crippen LogP contribution in [0.3, 0.4) is 0 Å². The quantitative estimate of drug-likeness (QED) is 0.455. The Labute approximate surface area is 166 Å². The third-order valence-corrected chi connectivity index (χ3v) is 4.80. The van der Waals surface area contributed by atoms with Crippen molar-refractivity contribution in [1.29, 1.82) is 0 Å². The molecule has 2 fully saturated rings. The predicted octanol–water partition coefficient (Wildman–Crippen LogP) is 0.438. The van der Waals surface area contributed by atoms with Gasteiger partial charge < -0.3 is 20.5 Å². The Morgan fingerprint density at radius 1 is 1.29 bits per heavy atom. The molecule has 1 aromatic rings. The summed E-state index contributed by atoms with van der Waals surface area (Å²) in [5.41, 5.74) is 5.34. The van der Waals surface area contributed by atoms with Crippen LogP contribution in [0.1, 0.15) is 12.0 Å². The molecule has 3 rings (SSSR count). The number of halogens is 4. The number of amides is 1. The summed E-state index contributed by atoms with van der Waals surface area (Å²) in [6.07, 6.45) is -4.45. The molecule has 1 aromatic carbocycles. The number of carbonyl (C=O) groups excluding carboxylic acids is 1. The monoisotopic (exact) mass is 424 g/mol. The summed E-state index contributed by atoms with van der Waals surface area (Å²) < 4.78 is 42.8. The zero-order chi connectivity index (χ0) is 19.4. The number of hydrogen-bond acceptors (Lipinski definition) is 6. The van der Waals surface area contributed by atoms with Crippen LogP contribution < -0.4 is 26.2 Å². The molecule has 5 N–H and O–H groups in total. The number of aliphatic hydroxyl groups is 1. The van der Waals surface area contributed by atoms with E-state index >= 15 is 0 Å². The van der Waals surface area contributed by atoms with Gasteiger partial charge in [-0.2, -0.15) is 13.2 Å². The molecule has 0 spiro atoms. The molecule has 158 valence electrons. The maximum absolute atomic E-state index is 12.5. The van der Waals surface area contributed by atoms with Gasteiger partial charge in [-0.1, -0.05) is 0 Å². The SMILES string of the molecule is Cl.O=C(NCC(O)COc1ccc(C(F)(F)F)cc1)C1NNC2CCNCC21. The summed E-state index contributed by atoms with van der Waals surface area (Å²) in [6, 6.07) is 4.07. The van der Waals surface area contributed by atoms with Crippen LogP contribution in [0, 0.1) is 5.92 Å². The Morgan fingerprint density at radius 2 is 2.00 bits per heavy atom. The van der Waals surface area contributed by atoms with Crippen molar-refractivity contribution in [3.8, 4) is 5.75 Å². The van der Waals surface area contributed by atoms with Crippen molar-refractivity contribution in [1.82, 2.24) is 21.5 Å². The molecular weight excluding hydrogens is 401 g/mol. The number of hydrazine groups is 1. The Bertz CT molecular complexity index is 648. The zero-order valence-corrected chi connectivity index (χ0v) is 15.8. The number of carbonyl (C=O) groups is 1. The van der Waals surface area contributed by atoms with Crippen LogP contribution in [0.25, 0.3) is 0 Å². The number of ether oxygens (including phenoxy) is 1. The molecule has 1 amide bonds. The number of rotatable bonds is 6. The van der Waals surface area contributed by atoms with E-state index in [2.05, 4.69) is 21.5 Å². The summed E-state index contributed by atoms with van der Waals surface area (Å²) >= 11 is 0. The van der Waals surface area contributed by atoms with Crippen molar-refractivity contribution in [2.75, 3.05) is 26.2 Å². The highest BCUT2D eigenvalue weighted by Crippen LogP contribution is 2.30. The maximum Gasteiger partial charge on any atom is 0.416 e. The first-order valence-corrected chi connectivity index (χ1v) is 8.82. The van der Waals surface area contributed by atoms with Crippen molar-refractivity contribution in [3.63, 3.8) is 0 Å². The van der Waals surface area contributed by atoms with Gasteiger partial charge in [0.05, 0.1) is 5.56 Å². The van der Waals surface area contributed by atoms with E-state index in [0.29, 0.717) is 0 Å². The molecule has 0 aromatic heterocycles. The summed E-state index contributed by atoms with van der Waals surface area (Å²) in [4.78, 5) is 12.3. The van der Waals surface area contributed by atoms with Gasteiger partial charge in [0.2, 0.25) is 5.91 Å². The summed E-state index contributed by atoms with van der Waals surface area (Å²) in [7, 11) is 0. The minimum Gasteiger partial charge on any atom is -0.491 e. The normalized spacial score (nSPS) is 25.4. The van der Waals surface area contributed by atoms with E-state index in [-0.39, 0.29) is 55.2 Å². The van der Waals surface area contributed by atoms with Gasteiger partial charge in [-0.05, 0) is 37.2 Å².